The largest absolute Gasteiger partial charge is 0.461 e. The Bertz CT molecular complexity index is 334. The summed E-state index contributed by atoms with van der Waals surface area (Å²) in [6.45, 7) is 4.51. The second-order valence-electron chi connectivity index (χ2n) is 3.17. The number of benzene rings is 1. The Hall–Kier alpha value is -1.35. The van der Waals surface area contributed by atoms with Crippen molar-refractivity contribution in [2.75, 3.05) is 13.2 Å². The molecule has 0 aliphatic carbocycles. The van der Waals surface area contributed by atoms with Gasteiger partial charge in [-0.05, 0) is 31.0 Å². The Labute approximate surface area is 83.9 Å². The van der Waals surface area contributed by atoms with Crippen LogP contribution < -0.4 is 5.73 Å². The van der Waals surface area contributed by atoms with Crippen molar-refractivity contribution in [3.63, 3.8) is 0 Å². The van der Waals surface area contributed by atoms with Crippen LogP contribution in [0.1, 0.15) is 21.5 Å². The van der Waals surface area contributed by atoms with E-state index in [4.69, 9.17) is 10.5 Å². The minimum Gasteiger partial charge on any atom is -0.461 e. The van der Waals surface area contributed by atoms with Crippen LogP contribution in [0.4, 0.5) is 0 Å². The van der Waals surface area contributed by atoms with E-state index in [2.05, 4.69) is 0 Å². The van der Waals surface area contributed by atoms with Gasteiger partial charge in [0.1, 0.15) is 6.61 Å². The maximum absolute atomic E-state index is 11.5. The van der Waals surface area contributed by atoms with Gasteiger partial charge in [-0.2, -0.15) is 0 Å². The normalized spacial score (nSPS) is 9.93. The summed E-state index contributed by atoms with van der Waals surface area (Å²) in [5.74, 6) is -0.295. The summed E-state index contributed by atoms with van der Waals surface area (Å²) in [5, 5.41) is 0. The lowest BCUT2D eigenvalue weighted by atomic mass is 10.0. The summed E-state index contributed by atoms with van der Waals surface area (Å²) in [7, 11) is 0. The Balaban J connectivity index is 2.84. The van der Waals surface area contributed by atoms with Crippen LogP contribution in [-0.2, 0) is 4.74 Å². The molecule has 3 nitrogen and oxygen atoms in total. The average Bonchev–Trinajstić information content (AvgIpc) is 2.18. The molecule has 0 aromatic heterocycles. The first-order valence-electron chi connectivity index (χ1n) is 4.60. The molecule has 0 atom stereocenters. The highest BCUT2D eigenvalue weighted by Gasteiger charge is 2.10. The van der Waals surface area contributed by atoms with Crippen molar-refractivity contribution in [2.24, 2.45) is 5.73 Å². The molecule has 2 N–H and O–H groups in total. The number of carbonyl (C=O) groups excluding carboxylic acids is 1. The minimum absolute atomic E-state index is 0.270. The zero-order chi connectivity index (χ0) is 10.6. The molecule has 76 valence electrons. The molecule has 0 heterocycles. The lowest BCUT2D eigenvalue weighted by Crippen LogP contribution is -2.14. The van der Waals surface area contributed by atoms with Crippen molar-refractivity contribution in [3.8, 4) is 0 Å². The zero-order valence-corrected chi connectivity index (χ0v) is 8.54. The molecule has 0 bridgehead atoms. The van der Waals surface area contributed by atoms with Crippen LogP contribution in [-0.4, -0.2) is 19.1 Å². The molecule has 0 radical (unpaired) electrons. The number of nitrogens with two attached hydrogens (primary N) is 1. The maximum Gasteiger partial charge on any atom is 0.338 e. The van der Waals surface area contributed by atoms with Crippen molar-refractivity contribution < 1.29 is 9.53 Å². The molecule has 1 aromatic carbocycles. The average molecular weight is 193 g/mol. The molecular weight excluding hydrogens is 178 g/mol. The first-order valence-corrected chi connectivity index (χ1v) is 4.60. The van der Waals surface area contributed by atoms with Gasteiger partial charge in [-0.1, -0.05) is 12.1 Å². The van der Waals surface area contributed by atoms with Crippen LogP contribution >= 0.6 is 0 Å². The van der Waals surface area contributed by atoms with Gasteiger partial charge in [0.25, 0.3) is 0 Å². The summed E-state index contributed by atoms with van der Waals surface area (Å²) >= 11 is 0. The third kappa shape index (κ3) is 2.33. The van der Waals surface area contributed by atoms with Crippen LogP contribution in [0.2, 0.25) is 0 Å². The fourth-order valence-electron chi connectivity index (χ4n) is 1.20. The zero-order valence-electron chi connectivity index (χ0n) is 8.54. The number of hydrogen-bond acceptors (Lipinski definition) is 3. The molecule has 1 aromatic rings. The Kier molecular flexibility index (Phi) is 3.65. The van der Waals surface area contributed by atoms with Gasteiger partial charge in [-0.15, -0.1) is 0 Å². The SMILES string of the molecule is Cc1cccc(C(=O)OCCN)c1C. The van der Waals surface area contributed by atoms with Gasteiger partial charge in [0.05, 0.1) is 5.56 Å². The van der Waals surface area contributed by atoms with E-state index in [0.717, 1.165) is 11.1 Å². The molecule has 1 rings (SSSR count). The van der Waals surface area contributed by atoms with Crippen molar-refractivity contribution in [2.45, 2.75) is 13.8 Å². The van der Waals surface area contributed by atoms with E-state index in [1.165, 1.54) is 0 Å². The molecule has 3 heteroatoms. The molecule has 0 saturated heterocycles. The van der Waals surface area contributed by atoms with Crippen LogP contribution in [0.5, 0.6) is 0 Å². The lowest BCUT2D eigenvalue weighted by molar-refractivity contribution is 0.0516. The van der Waals surface area contributed by atoms with E-state index in [1.54, 1.807) is 6.07 Å². The predicted molar refractivity (Wildman–Crippen MR) is 55.3 cm³/mol. The minimum atomic E-state index is -0.295. The summed E-state index contributed by atoms with van der Waals surface area (Å²) in [4.78, 5) is 11.5. The van der Waals surface area contributed by atoms with Gasteiger partial charge in [0.15, 0.2) is 0 Å². The van der Waals surface area contributed by atoms with Crippen molar-refractivity contribution in [3.05, 3.63) is 34.9 Å². The molecule has 0 spiro atoms. The molecule has 0 amide bonds. The van der Waals surface area contributed by atoms with E-state index in [9.17, 15) is 4.79 Å². The second kappa shape index (κ2) is 4.77. The summed E-state index contributed by atoms with van der Waals surface area (Å²) in [6.07, 6.45) is 0. The van der Waals surface area contributed by atoms with Gasteiger partial charge >= 0.3 is 5.97 Å². The fraction of sp³-hybridized carbons (Fsp3) is 0.364. The maximum atomic E-state index is 11.5. The lowest BCUT2D eigenvalue weighted by Gasteiger charge is -2.07. The van der Waals surface area contributed by atoms with Crippen molar-refractivity contribution in [1.82, 2.24) is 0 Å². The van der Waals surface area contributed by atoms with E-state index >= 15 is 0 Å². The third-order valence-electron chi connectivity index (χ3n) is 2.18. The number of aryl methyl sites for hydroxylation is 1. The van der Waals surface area contributed by atoms with E-state index < -0.39 is 0 Å². The third-order valence-corrected chi connectivity index (χ3v) is 2.18. The first kappa shape index (κ1) is 10.7. The molecule has 0 saturated carbocycles. The van der Waals surface area contributed by atoms with E-state index in [-0.39, 0.29) is 12.6 Å². The number of hydrogen-bond donors (Lipinski definition) is 1. The highest BCUT2D eigenvalue weighted by Crippen LogP contribution is 2.13. The van der Waals surface area contributed by atoms with Crippen LogP contribution in [0.15, 0.2) is 18.2 Å². The van der Waals surface area contributed by atoms with Gasteiger partial charge in [-0.3, -0.25) is 0 Å². The van der Waals surface area contributed by atoms with Gasteiger partial charge in [0, 0.05) is 6.54 Å². The van der Waals surface area contributed by atoms with E-state index in [0.29, 0.717) is 12.1 Å². The fourth-order valence-corrected chi connectivity index (χ4v) is 1.20. The van der Waals surface area contributed by atoms with E-state index in [1.807, 2.05) is 26.0 Å². The number of ether oxygens (including phenoxy) is 1. The molecule has 0 fully saturated rings. The molecule has 14 heavy (non-hydrogen) atoms. The van der Waals surface area contributed by atoms with Crippen LogP contribution in [0.25, 0.3) is 0 Å². The Morgan fingerprint density at radius 2 is 2.14 bits per heavy atom. The Morgan fingerprint density at radius 1 is 1.43 bits per heavy atom. The number of esters is 1. The van der Waals surface area contributed by atoms with Crippen LogP contribution in [0, 0.1) is 13.8 Å². The Morgan fingerprint density at radius 3 is 2.79 bits per heavy atom. The summed E-state index contributed by atoms with van der Waals surface area (Å²) in [5.41, 5.74) is 7.93. The van der Waals surface area contributed by atoms with Crippen molar-refractivity contribution >= 4 is 5.97 Å². The number of carbonyl (C=O) groups is 1. The predicted octanol–water partition coefficient (Wildman–Crippen LogP) is 1.42. The second-order valence-corrected chi connectivity index (χ2v) is 3.17. The highest BCUT2D eigenvalue weighted by atomic mass is 16.5. The van der Waals surface area contributed by atoms with Gasteiger partial charge < -0.3 is 10.5 Å². The van der Waals surface area contributed by atoms with Crippen LogP contribution in [0.3, 0.4) is 0 Å². The monoisotopic (exact) mass is 193 g/mol. The molecular formula is C11H15NO2. The summed E-state index contributed by atoms with van der Waals surface area (Å²) < 4.78 is 4.95. The summed E-state index contributed by atoms with van der Waals surface area (Å²) in [6, 6.07) is 5.58. The quantitative estimate of drug-likeness (QED) is 0.738. The number of rotatable bonds is 3. The molecule has 0 unspecified atom stereocenters. The van der Waals surface area contributed by atoms with Gasteiger partial charge in [0.2, 0.25) is 0 Å². The molecule has 0 aliphatic rings. The first-order chi connectivity index (χ1) is 6.66. The van der Waals surface area contributed by atoms with Gasteiger partial charge in [-0.25, -0.2) is 4.79 Å². The topological polar surface area (TPSA) is 52.3 Å². The van der Waals surface area contributed by atoms with Crippen molar-refractivity contribution in [1.29, 1.82) is 0 Å². The smallest absolute Gasteiger partial charge is 0.338 e. The standard InChI is InChI=1S/C11H15NO2/c1-8-4-3-5-10(9(8)2)11(13)14-7-6-12/h3-5H,6-7,12H2,1-2H3. The molecule has 0 aliphatic heterocycles. The highest BCUT2D eigenvalue weighted by molar-refractivity contribution is 5.91.